The van der Waals surface area contributed by atoms with Crippen molar-refractivity contribution >= 4 is 17.3 Å². The molecule has 0 saturated heterocycles. The molecule has 1 aromatic rings. The highest BCUT2D eigenvalue weighted by Gasteiger charge is 2.17. The minimum absolute atomic E-state index is 0.227. The summed E-state index contributed by atoms with van der Waals surface area (Å²) in [6.07, 6.45) is 0. The van der Waals surface area contributed by atoms with Gasteiger partial charge in [-0.15, -0.1) is 17.3 Å². The van der Waals surface area contributed by atoms with Crippen molar-refractivity contribution in [2.24, 2.45) is 0 Å². The quantitative estimate of drug-likeness (QED) is 0.820. The van der Waals surface area contributed by atoms with E-state index in [9.17, 15) is 4.79 Å². The lowest BCUT2D eigenvalue weighted by atomic mass is 10.2. The Morgan fingerprint density at radius 3 is 2.81 bits per heavy atom. The predicted molar refractivity (Wildman–Crippen MR) is 64.3 cm³/mol. The molecule has 0 fully saturated rings. The molecule has 16 heavy (non-hydrogen) atoms. The number of hydrogen-bond donors (Lipinski definition) is 1. The van der Waals surface area contributed by atoms with E-state index in [2.05, 4.69) is 11.8 Å². The van der Waals surface area contributed by atoms with Crippen LogP contribution in [0.3, 0.4) is 0 Å². The molecule has 0 atom stereocenters. The van der Waals surface area contributed by atoms with Crippen LogP contribution in [0, 0.1) is 11.8 Å². The van der Waals surface area contributed by atoms with Gasteiger partial charge >= 0.3 is 5.97 Å². The van der Waals surface area contributed by atoms with Crippen molar-refractivity contribution in [2.75, 3.05) is 6.61 Å². The van der Waals surface area contributed by atoms with Crippen molar-refractivity contribution in [1.82, 2.24) is 0 Å². The van der Waals surface area contributed by atoms with Gasteiger partial charge in [0.2, 0.25) is 0 Å². The normalized spacial score (nSPS) is 9.75. The monoisotopic (exact) mass is 238 g/mol. The molecule has 86 valence electrons. The van der Waals surface area contributed by atoms with Gasteiger partial charge in [0.15, 0.2) is 4.88 Å². The average molecular weight is 238 g/mol. The molecule has 0 aliphatic carbocycles. The Labute approximate surface area is 99.1 Å². The highest BCUT2D eigenvalue weighted by atomic mass is 32.1. The summed E-state index contributed by atoms with van der Waals surface area (Å²) in [5.74, 6) is 5.21. The second kappa shape index (κ2) is 5.57. The van der Waals surface area contributed by atoms with Gasteiger partial charge in [-0.3, -0.25) is 0 Å². The summed E-state index contributed by atoms with van der Waals surface area (Å²) in [4.78, 5) is 12.2. The molecule has 0 amide bonds. The van der Waals surface area contributed by atoms with E-state index >= 15 is 0 Å². The number of carboxylic acids is 1. The Morgan fingerprint density at radius 1 is 1.62 bits per heavy atom. The summed E-state index contributed by atoms with van der Waals surface area (Å²) < 4.78 is 5.33. The van der Waals surface area contributed by atoms with Crippen molar-refractivity contribution in [3.05, 3.63) is 15.8 Å². The summed E-state index contributed by atoms with van der Waals surface area (Å²) in [7, 11) is 0. The molecule has 4 heteroatoms. The van der Waals surface area contributed by atoms with Crippen molar-refractivity contribution in [1.29, 1.82) is 0 Å². The van der Waals surface area contributed by atoms with Gasteiger partial charge in [0.05, 0.1) is 0 Å². The van der Waals surface area contributed by atoms with Crippen LogP contribution in [0.4, 0.5) is 0 Å². The van der Waals surface area contributed by atoms with Gasteiger partial charge in [-0.05, 0) is 18.9 Å². The predicted octanol–water partition coefficient (Wildman–Crippen LogP) is 2.97. The zero-order valence-corrected chi connectivity index (χ0v) is 10.4. The molecule has 0 spiro atoms. The Morgan fingerprint density at radius 2 is 2.31 bits per heavy atom. The van der Waals surface area contributed by atoms with Crippen molar-refractivity contribution in [3.63, 3.8) is 0 Å². The molecule has 1 heterocycles. The number of carboxylic acid groups (broad SMARTS) is 1. The SMILES string of the molecule is CC#CCOc1cc(C(C)C)sc1C(=O)O. The van der Waals surface area contributed by atoms with E-state index in [1.165, 1.54) is 11.3 Å². The second-order valence-corrected chi connectivity index (χ2v) is 4.60. The molecule has 0 aromatic carbocycles. The van der Waals surface area contributed by atoms with Crippen LogP contribution in [0.5, 0.6) is 5.75 Å². The zero-order chi connectivity index (χ0) is 12.1. The first-order chi connectivity index (χ1) is 7.56. The molecule has 1 rings (SSSR count). The van der Waals surface area contributed by atoms with Gasteiger partial charge in [-0.1, -0.05) is 19.8 Å². The van der Waals surface area contributed by atoms with Gasteiger partial charge in [0.1, 0.15) is 12.4 Å². The fourth-order valence-electron chi connectivity index (χ4n) is 1.12. The van der Waals surface area contributed by atoms with Crippen LogP contribution in [-0.4, -0.2) is 17.7 Å². The van der Waals surface area contributed by atoms with Crippen LogP contribution in [0.2, 0.25) is 0 Å². The van der Waals surface area contributed by atoms with E-state index < -0.39 is 5.97 Å². The van der Waals surface area contributed by atoms with Crippen LogP contribution in [-0.2, 0) is 0 Å². The first-order valence-electron chi connectivity index (χ1n) is 4.95. The average Bonchev–Trinajstić information content (AvgIpc) is 2.62. The maximum atomic E-state index is 11.0. The number of thiophene rings is 1. The molecular formula is C12H14O3S. The number of hydrogen-bond acceptors (Lipinski definition) is 3. The minimum Gasteiger partial charge on any atom is -0.479 e. The van der Waals surface area contributed by atoms with E-state index in [1.54, 1.807) is 13.0 Å². The first kappa shape index (κ1) is 12.6. The van der Waals surface area contributed by atoms with Crippen molar-refractivity contribution in [3.8, 4) is 17.6 Å². The zero-order valence-electron chi connectivity index (χ0n) is 9.53. The molecule has 1 N–H and O–H groups in total. The summed E-state index contributed by atoms with van der Waals surface area (Å²) in [6.45, 7) is 5.99. The molecule has 0 radical (unpaired) electrons. The first-order valence-corrected chi connectivity index (χ1v) is 5.77. The molecule has 0 bridgehead atoms. The van der Waals surface area contributed by atoms with E-state index in [0.717, 1.165) is 4.88 Å². The smallest absolute Gasteiger partial charge is 0.349 e. The van der Waals surface area contributed by atoms with E-state index in [1.807, 2.05) is 13.8 Å². The van der Waals surface area contributed by atoms with Gasteiger partial charge in [-0.2, -0.15) is 0 Å². The maximum absolute atomic E-state index is 11.0. The van der Waals surface area contributed by atoms with Crippen LogP contribution in [0.15, 0.2) is 6.07 Å². The highest BCUT2D eigenvalue weighted by Crippen LogP contribution is 2.33. The van der Waals surface area contributed by atoms with Crippen molar-refractivity contribution in [2.45, 2.75) is 26.7 Å². The molecule has 0 unspecified atom stereocenters. The van der Waals surface area contributed by atoms with E-state index in [-0.39, 0.29) is 11.5 Å². The Bertz CT molecular complexity index is 435. The standard InChI is InChI=1S/C12H14O3S/c1-4-5-6-15-9-7-10(8(2)3)16-11(9)12(13)14/h7-8H,6H2,1-3H3,(H,13,14). The Kier molecular flexibility index (Phi) is 4.39. The molecule has 3 nitrogen and oxygen atoms in total. The van der Waals surface area contributed by atoms with Gasteiger partial charge in [0.25, 0.3) is 0 Å². The summed E-state index contributed by atoms with van der Waals surface area (Å²) in [5.41, 5.74) is 0. The third kappa shape index (κ3) is 3.01. The Balaban J connectivity index is 2.94. The third-order valence-electron chi connectivity index (χ3n) is 1.96. The molecule has 0 aliphatic heterocycles. The fraction of sp³-hybridized carbons (Fsp3) is 0.417. The van der Waals surface area contributed by atoms with Crippen molar-refractivity contribution < 1.29 is 14.6 Å². The van der Waals surface area contributed by atoms with Crippen LogP contribution in [0.1, 0.15) is 41.2 Å². The lowest BCUT2D eigenvalue weighted by Crippen LogP contribution is -1.99. The largest absolute Gasteiger partial charge is 0.479 e. The second-order valence-electron chi connectivity index (χ2n) is 3.52. The fourth-order valence-corrected chi connectivity index (χ4v) is 2.06. The summed E-state index contributed by atoms with van der Waals surface area (Å²) >= 11 is 1.26. The van der Waals surface area contributed by atoms with Crippen LogP contribution in [0.25, 0.3) is 0 Å². The van der Waals surface area contributed by atoms with E-state index in [0.29, 0.717) is 11.7 Å². The van der Waals surface area contributed by atoms with Crippen LogP contribution >= 0.6 is 11.3 Å². The summed E-state index contributed by atoms with van der Waals surface area (Å²) in [6, 6.07) is 1.79. The molecule has 0 aliphatic rings. The van der Waals surface area contributed by atoms with Gasteiger partial charge in [0, 0.05) is 4.88 Å². The van der Waals surface area contributed by atoms with Gasteiger partial charge in [-0.25, -0.2) is 4.79 Å². The minimum atomic E-state index is -0.948. The number of carbonyl (C=O) groups is 1. The van der Waals surface area contributed by atoms with E-state index in [4.69, 9.17) is 9.84 Å². The van der Waals surface area contributed by atoms with Gasteiger partial charge < -0.3 is 9.84 Å². The Hall–Kier alpha value is -1.47. The number of aromatic carboxylic acids is 1. The molecule has 0 saturated carbocycles. The number of ether oxygens (including phenoxy) is 1. The third-order valence-corrected chi connectivity index (χ3v) is 3.36. The highest BCUT2D eigenvalue weighted by molar-refractivity contribution is 7.14. The molecular weight excluding hydrogens is 224 g/mol. The maximum Gasteiger partial charge on any atom is 0.349 e. The number of rotatable bonds is 4. The molecule has 1 aromatic heterocycles. The summed E-state index contributed by atoms with van der Waals surface area (Å²) in [5, 5.41) is 9.01. The lowest BCUT2D eigenvalue weighted by molar-refractivity contribution is 0.0698. The topological polar surface area (TPSA) is 46.5 Å². The van der Waals surface area contributed by atoms with Crippen LogP contribution < -0.4 is 4.74 Å². The lowest BCUT2D eigenvalue weighted by Gasteiger charge is -1.99.